The SMILES string of the molecule is CC(C)SCCCC(=O)S(=O)(=O)O. The third kappa shape index (κ3) is 7.04. The predicted octanol–water partition coefficient (Wildman–Crippen LogP) is 1.32. The van der Waals surface area contributed by atoms with E-state index >= 15 is 0 Å². The number of carbonyl (C=O) groups is 1. The van der Waals surface area contributed by atoms with E-state index in [1.807, 2.05) is 13.8 Å². The van der Waals surface area contributed by atoms with Crippen LogP contribution in [0.25, 0.3) is 0 Å². The van der Waals surface area contributed by atoms with Crippen molar-refractivity contribution in [1.82, 2.24) is 0 Å². The van der Waals surface area contributed by atoms with Crippen LogP contribution in [0.3, 0.4) is 0 Å². The van der Waals surface area contributed by atoms with Gasteiger partial charge in [-0.1, -0.05) is 13.8 Å². The van der Waals surface area contributed by atoms with Crippen LogP contribution in [-0.2, 0) is 14.9 Å². The maximum Gasteiger partial charge on any atom is 0.328 e. The number of hydrogen-bond acceptors (Lipinski definition) is 4. The van der Waals surface area contributed by atoms with Gasteiger partial charge in [-0.15, -0.1) is 0 Å². The maximum atomic E-state index is 10.7. The Morgan fingerprint density at radius 2 is 2.00 bits per heavy atom. The smallest absolute Gasteiger partial charge is 0.280 e. The molecule has 0 aromatic heterocycles. The number of thioether (sulfide) groups is 1. The minimum atomic E-state index is -4.45. The zero-order valence-electron chi connectivity index (χ0n) is 7.69. The molecule has 0 aromatic carbocycles. The van der Waals surface area contributed by atoms with Crippen LogP contribution in [0.5, 0.6) is 0 Å². The molecule has 0 spiro atoms. The summed E-state index contributed by atoms with van der Waals surface area (Å²) < 4.78 is 28.8. The third-order valence-electron chi connectivity index (χ3n) is 1.26. The quantitative estimate of drug-likeness (QED) is 0.565. The number of rotatable bonds is 5. The highest BCUT2D eigenvalue weighted by atomic mass is 32.2. The van der Waals surface area contributed by atoms with E-state index in [9.17, 15) is 13.2 Å². The van der Waals surface area contributed by atoms with Crippen LogP contribution >= 0.6 is 11.8 Å². The van der Waals surface area contributed by atoms with Crippen LogP contribution < -0.4 is 0 Å². The molecule has 0 saturated carbocycles. The normalized spacial score (nSPS) is 12.0. The second-order valence-corrected chi connectivity index (χ2v) is 5.96. The highest BCUT2D eigenvalue weighted by Crippen LogP contribution is 2.11. The van der Waals surface area contributed by atoms with Crippen molar-refractivity contribution in [2.45, 2.75) is 31.9 Å². The molecule has 0 aliphatic rings. The summed E-state index contributed by atoms with van der Waals surface area (Å²) in [6, 6.07) is 0. The summed E-state index contributed by atoms with van der Waals surface area (Å²) in [7, 11) is -4.45. The second-order valence-electron chi connectivity index (χ2n) is 2.87. The molecule has 0 rings (SSSR count). The Morgan fingerprint density at radius 3 is 2.38 bits per heavy atom. The summed E-state index contributed by atoms with van der Waals surface area (Å²) in [6.45, 7) is 4.05. The molecule has 4 nitrogen and oxygen atoms in total. The Morgan fingerprint density at radius 1 is 1.46 bits per heavy atom. The molecule has 0 saturated heterocycles. The maximum absolute atomic E-state index is 10.7. The first-order valence-electron chi connectivity index (χ1n) is 3.96. The van der Waals surface area contributed by atoms with E-state index in [0.29, 0.717) is 11.7 Å². The van der Waals surface area contributed by atoms with E-state index in [1.54, 1.807) is 11.8 Å². The molecule has 0 radical (unpaired) electrons. The monoisotopic (exact) mass is 226 g/mol. The van der Waals surface area contributed by atoms with Gasteiger partial charge < -0.3 is 0 Å². The lowest BCUT2D eigenvalue weighted by molar-refractivity contribution is -0.112. The molecule has 0 aliphatic carbocycles. The van der Waals surface area contributed by atoms with Gasteiger partial charge in [0.1, 0.15) is 0 Å². The Balaban J connectivity index is 3.62. The standard InChI is InChI=1S/C7H14O4S2/c1-6(2)12-5-3-4-7(8)13(9,10)11/h6H,3-5H2,1-2H3,(H,9,10,11). The van der Waals surface area contributed by atoms with E-state index in [0.717, 1.165) is 5.75 Å². The zero-order valence-corrected chi connectivity index (χ0v) is 9.32. The van der Waals surface area contributed by atoms with E-state index in [4.69, 9.17) is 4.55 Å². The molecular formula is C7H14O4S2. The zero-order chi connectivity index (χ0) is 10.5. The minimum Gasteiger partial charge on any atom is -0.280 e. The fraction of sp³-hybridized carbons (Fsp3) is 0.857. The molecule has 13 heavy (non-hydrogen) atoms. The molecule has 0 aromatic rings. The molecule has 1 N–H and O–H groups in total. The van der Waals surface area contributed by atoms with Crippen molar-refractivity contribution in [3.8, 4) is 0 Å². The third-order valence-corrected chi connectivity index (χ3v) is 3.23. The number of carbonyl (C=O) groups excluding carboxylic acids is 1. The lowest BCUT2D eigenvalue weighted by Crippen LogP contribution is -2.13. The van der Waals surface area contributed by atoms with E-state index in [-0.39, 0.29) is 6.42 Å². The average molecular weight is 226 g/mol. The van der Waals surface area contributed by atoms with Crippen molar-refractivity contribution in [2.24, 2.45) is 0 Å². The molecule has 6 heteroatoms. The van der Waals surface area contributed by atoms with Crippen LogP contribution in [0.15, 0.2) is 0 Å². The highest BCUT2D eigenvalue weighted by Gasteiger charge is 2.16. The molecular weight excluding hydrogens is 212 g/mol. The van der Waals surface area contributed by atoms with Gasteiger partial charge in [-0.3, -0.25) is 9.35 Å². The summed E-state index contributed by atoms with van der Waals surface area (Å²) in [6.07, 6.45) is 0.389. The summed E-state index contributed by atoms with van der Waals surface area (Å²) in [5.41, 5.74) is 0. The average Bonchev–Trinajstić information content (AvgIpc) is 1.95. The fourth-order valence-electron chi connectivity index (χ4n) is 0.665. The van der Waals surface area contributed by atoms with Gasteiger partial charge in [0, 0.05) is 6.42 Å². The predicted molar refractivity (Wildman–Crippen MR) is 53.4 cm³/mol. The lowest BCUT2D eigenvalue weighted by Gasteiger charge is -2.02. The van der Waals surface area contributed by atoms with Gasteiger partial charge in [0.2, 0.25) is 0 Å². The van der Waals surface area contributed by atoms with Crippen molar-refractivity contribution >= 4 is 27.0 Å². The van der Waals surface area contributed by atoms with Gasteiger partial charge in [-0.2, -0.15) is 20.2 Å². The summed E-state index contributed by atoms with van der Waals surface area (Å²) in [4.78, 5) is 10.7. The molecule has 78 valence electrons. The van der Waals surface area contributed by atoms with Gasteiger partial charge in [0.05, 0.1) is 0 Å². The lowest BCUT2D eigenvalue weighted by atomic mass is 10.4. The molecule has 0 aliphatic heterocycles. The van der Waals surface area contributed by atoms with Crippen LogP contribution in [0, 0.1) is 0 Å². The van der Waals surface area contributed by atoms with Gasteiger partial charge in [-0.25, -0.2) is 0 Å². The van der Waals surface area contributed by atoms with Gasteiger partial charge >= 0.3 is 10.1 Å². The summed E-state index contributed by atoms with van der Waals surface area (Å²) in [5, 5.41) is -0.613. The van der Waals surface area contributed by atoms with Crippen LogP contribution in [0.4, 0.5) is 0 Å². The van der Waals surface area contributed by atoms with Crippen molar-refractivity contribution in [3.63, 3.8) is 0 Å². The van der Waals surface area contributed by atoms with Crippen molar-refractivity contribution < 1.29 is 17.8 Å². The summed E-state index contributed by atoms with van der Waals surface area (Å²) in [5.74, 6) is 0.735. The molecule has 0 atom stereocenters. The van der Waals surface area contributed by atoms with E-state index in [2.05, 4.69) is 0 Å². The van der Waals surface area contributed by atoms with E-state index in [1.165, 1.54) is 0 Å². The van der Waals surface area contributed by atoms with E-state index < -0.39 is 15.2 Å². The molecule has 0 fully saturated rings. The van der Waals surface area contributed by atoms with Crippen LogP contribution in [0.2, 0.25) is 0 Å². The first-order chi connectivity index (χ1) is 5.84. The highest BCUT2D eigenvalue weighted by molar-refractivity contribution is 8.01. The second kappa shape index (κ2) is 5.62. The van der Waals surface area contributed by atoms with Crippen molar-refractivity contribution in [3.05, 3.63) is 0 Å². The largest absolute Gasteiger partial charge is 0.328 e. The minimum absolute atomic E-state index is 0.0987. The summed E-state index contributed by atoms with van der Waals surface area (Å²) >= 11 is 1.66. The molecule has 0 amide bonds. The Bertz CT molecular complexity index is 256. The molecule has 0 bridgehead atoms. The van der Waals surface area contributed by atoms with Gasteiger partial charge in [0.25, 0.3) is 5.12 Å². The number of hydrogen-bond donors (Lipinski definition) is 1. The Hall–Kier alpha value is -0.0700. The van der Waals surface area contributed by atoms with Crippen molar-refractivity contribution in [2.75, 3.05) is 5.75 Å². The first kappa shape index (κ1) is 12.9. The van der Waals surface area contributed by atoms with Gasteiger partial charge in [-0.05, 0) is 17.4 Å². The van der Waals surface area contributed by atoms with Crippen molar-refractivity contribution in [1.29, 1.82) is 0 Å². The molecule has 0 heterocycles. The topological polar surface area (TPSA) is 71.4 Å². The Kier molecular flexibility index (Phi) is 5.59. The first-order valence-corrected chi connectivity index (χ1v) is 6.45. The fourth-order valence-corrected chi connectivity index (χ4v) is 1.85. The van der Waals surface area contributed by atoms with Gasteiger partial charge in [0.15, 0.2) is 0 Å². The van der Waals surface area contributed by atoms with Crippen LogP contribution in [-0.4, -0.2) is 29.1 Å². The van der Waals surface area contributed by atoms with Crippen LogP contribution in [0.1, 0.15) is 26.7 Å². The Labute approximate surface area is 82.8 Å². The molecule has 0 unspecified atom stereocenters.